The van der Waals surface area contributed by atoms with E-state index in [9.17, 15) is 0 Å². The summed E-state index contributed by atoms with van der Waals surface area (Å²) >= 11 is 1.83. The van der Waals surface area contributed by atoms with Gasteiger partial charge >= 0.3 is 0 Å². The maximum atomic E-state index is 4.76. The second-order valence-electron chi connectivity index (χ2n) is 7.94. The third-order valence-electron chi connectivity index (χ3n) is 5.78. The highest BCUT2D eigenvalue weighted by Crippen LogP contribution is 2.36. The molecule has 0 atom stereocenters. The lowest BCUT2D eigenvalue weighted by Crippen LogP contribution is -1.95. The summed E-state index contributed by atoms with van der Waals surface area (Å²) in [6.07, 6.45) is 0. The molecule has 0 spiro atoms. The quantitative estimate of drug-likeness (QED) is 0.284. The fraction of sp³-hybridized carbons (Fsp3) is 0.0345. The van der Waals surface area contributed by atoms with Crippen LogP contribution in [0.2, 0.25) is 0 Å². The van der Waals surface area contributed by atoms with Crippen LogP contribution in [0.5, 0.6) is 0 Å². The van der Waals surface area contributed by atoms with Gasteiger partial charge in [-0.25, -0.2) is 9.97 Å². The molecule has 0 saturated carbocycles. The molecule has 6 rings (SSSR count). The number of hydrogen-bond acceptors (Lipinski definition) is 3. The van der Waals surface area contributed by atoms with Gasteiger partial charge in [-0.1, -0.05) is 78.9 Å². The molecule has 2 nitrogen and oxygen atoms in total. The molecule has 0 aliphatic heterocycles. The third-order valence-corrected chi connectivity index (χ3v) is 6.91. The number of fused-ring (bicyclic) bond motifs is 3. The first-order valence-corrected chi connectivity index (χ1v) is 11.5. The van der Waals surface area contributed by atoms with Crippen molar-refractivity contribution in [1.29, 1.82) is 0 Å². The number of rotatable bonds is 3. The zero-order valence-corrected chi connectivity index (χ0v) is 18.4. The van der Waals surface area contributed by atoms with E-state index in [4.69, 9.17) is 9.97 Å². The van der Waals surface area contributed by atoms with Crippen molar-refractivity contribution in [3.63, 3.8) is 0 Å². The standard InChI is InChI=1S/C29H20N2S/c1-19-30-26(22-11-7-10-21(16-22)20-8-3-2-4-9-20)18-27(31-19)23-14-15-25-24-12-5-6-13-28(24)32-29(25)17-23/h2-18H,1H3. The van der Waals surface area contributed by atoms with Crippen LogP contribution < -0.4 is 0 Å². The molecule has 152 valence electrons. The Morgan fingerprint density at radius 3 is 2.00 bits per heavy atom. The molecule has 3 heteroatoms. The smallest absolute Gasteiger partial charge is 0.126 e. The van der Waals surface area contributed by atoms with Gasteiger partial charge in [-0.3, -0.25) is 0 Å². The van der Waals surface area contributed by atoms with Gasteiger partial charge in [-0.2, -0.15) is 0 Å². The second kappa shape index (κ2) is 7.70. The Morgan fingerprint density at radius 2 is 1.16 bits per heavy atom. The van der Waals surface area contributed by atoms with Crippen molar-refractivity contribution in [2.24, 2.45) is 0 Å². The molecule has 6 aromatic rings. The van der Waals surface area contributed by atoms with Gasteiger partial charge < -0.3 is 0 Å². The van der Waals surface area contributed by atoms with Crippen LogP contribution in [0.25, 0.3) is 53.8 Å². The fourth-order valence-electron chi connectivity index (χ4n) is 4.24. The average Bonchev–Trinajstić information content (AvgIpc) is 3.22. The topological polar surface area (TPSA) is 25.8 Å². The van der Waals surface area contributed by atoms with Gasteiger partial charge in [0.05, 0.1) is 11.4 Å². The monoisotopic (exact) mass is 428 g/mol. The Labute approximate surface area is 190 Å². The summed E-state index contributed by atoms with van der Waals surface area (Å²) in [6.45, 7) is 1.96. The zero-order valence-electron chi connectivity index (χ0n) is 17.6. The number of aryl methyl sites for hydroxylation is 1. The summed E-state index contributed by atoms with van der Waals surface area (Å²) in [5, 5.41) is 2.62. The van der Waals surface area contributed by atoms with Gasteiger partial charge in [0, 0.05) is 31.3 Å². The van der Waals surface area contributed by atoms with Crippen LogP contribution in [-0.2, 0) is 0 Å². The number of nitrogens with zero attached hydrogens (tertiary/aromatic N) is 2. The van der Waals surface area contributed by atoms with E-state index in [1.165, 1.54) is 31.3 Å². The van der Waals surface area contributed by atoms with Gasteiger partial charge in [0.25, 0.3) is 0 Å². The van der Waals surface area contributed by atoms with Gasteiger partial charge in [-0.15, -0.1) is 11.3 Å². The normalized spacial score (nSPS) is 11.3. The summed E-state index contributed by atoms with van der Waals surface area (Å²) < 4.78 is 2.60. The largest absolute Gasteiger partial charge is 0.233 e. The molecule has 0 unspecified atom stereocenters. The molecule has 0 radical (unpaired) electrons. The number of hydrogen-bond donors (Lipinski definition) is 0. The predicted octanol–water partition coefficient (Wildman–Crippen LogP) is 8.15. The first kappa shape index (κ1) is 18.9. The van der Waals surface area contributed by atoms with E-state index in [2.05, 4.69) is 97.1 Å². The lowest BCUT2D eigenvalue weighted by atomic mass is 10.0. The lowest BCUT2D eigenvalue weighted by Gasteiger charge is -2.09. The molecule has 0 aliphatic rings. The van der Waals surface area contributed by atoms with Crippen molar-refractivity contribution >= 4 is 31.5 Å². The Balaban J connectivity index is 1.45. The van der Waals surface area contributed by atoms with Crippen molar-refractivity contribution in [3.8, 4) is 33.6 Å². The first-order valence-electron chi connectivity index (χ1n) is 10.7. The number of aromatic nitrogens is 2. The number of benzene rings is 4. The summed E-state index contributed by atoms with van der Waals surface area (Å²) in [7, 11) is 0. The number of thiophene rings is 1. The molecule has 4 aromatic carbocycles. The Kier molecular flexibility index (Phi) is 4.55. The van der Waals surface area contributed by atoms with Crippen LogP contribution in [0.15, 0.2) is 103 Å². The molecule has 0 N–H and O–H groups in total. The Morgan fingerprint density at radius 1 is 0.500 bits per heavy atom. The van der Waals surface area contributed by atoms with E-state index in [1.807, 2.05) is 24.3 Å². The van der Waals surface area contributed by atoms with Gasteiger partial charge in [-0.05, 0) is 42.3 Å². The molecule has 0 bridgehead atoms. The van der Waals surface area contributed by atoms with Crippen LogP contribution in [0.4, 0.5) is 0 Å². The van der Waals surface area contributed by atoms with E-state index >= 15 is 0 Å². The average molecular weight is 429 g/mol. The van der Waals surface area contributed by atoms with E-state index in [1.54, 1.807) is 0 Å². The van der Waals surface area contributed by atoms with Crippen molar-refractivity contribution in [1.82, 2.24) is 9.97 Å². The van der Waals surface area contributed by atoms with Gasteiger partial charge in [0.15, 0.2) is 0 Å². The molecular formula is C29H20N2S. The van der Waals surface area contributed by atoms with Gasteiger partial charge in [0.1, 0.15) is 5.82 Å². The minimum Gasteiger partial charge on any atom is -0.233 e. The van der Waals surface area contributed by atoms with E-state index < -0.39 is 0 Å². The first-order chi connectivity index (χ1) is 15.7. The molecule has 0 saturated heterocycles. The lowest BCUT2D eigenvalue weighted by molar-refractivity contribution is 1.06. The van der Waals surface area contributed by atoms with Crippen LogP contribution >= 0.6 is 11.3 Å². The van der Waals surface area contributed by atoms with Crippen LogP contribution in [-0.4, -0.2) is 9.97 Å². The van der Waals surface area contributed by atoms with E-state index in [0.717, 1.165) is 28.3 Å². The summed E-state index contributed by atoms with van der Waals surface area (Å²) in [5.74, 6) is 0.777. The van der Waals surface area contributed by atoms with Crippen molar-refractivity contribution in [2.45, 2.75) is 6.92 Å². The van der Waals surface area contributed by atoms with E-state index in [0.29, 0.717) is 0 Å². The Hall–Kier alpha value is -3.82. The molecule has 2 heterocycles. The molecule has 32 heavy (non-hydrogen) atoms. The van der Waals surface area contributed by atoms with E-state index in [-0.39, 0.29) is 0 Å². The highest BCUT2D eigenvalue weighted by atomic mass is 32.1. The summed E-state index contributed by atoms with van der Waals surface area (Å²) in [4.78, 5) is 9.52. The van der Waals surface area contributed by atoms with Crippen LogP contribution in [0.1, 0.15) is 5.82 Å². The minimum atomic E-state index is 0.777. The summed E-state index contributed by atoms with van der Waals surface area (Å²) in [6, 6.07) is 36.3. The van der Waals surface area contributed by atoms with Crippen LogP contribution in [0, 0.1) is 6.92 Å². The second-order valence-corrected chi connectivity index (χ2v) is 9.03. The third kappa shape index (κ3) is 3.37. The molecule has 0 amide bonds. The maximum Gasteiger partial charge on any atom is 0.126 e. The van der Waals surface area contributed by atoms with Crippen molar-refractivity contribution in [2.75, 3.05) is 0 Å². The maximum absolute atomic E-state index is 4.76. The predicted molar refractivity (Wildman–Crippen MR) is 136 cm³/mol. The summed E-state index contributed by atoms with van der Waals surface area (Å²) in [5.41, 5.74) is 6.51. The highest BCUT2D eigenvalue weighted by Gasteiger charge is 2.10. The molecule has 0 fully saturated rings. The zero-order chi connectivity index (χ0) is 21.5. The molecule has 2 aromatic heterocycles. The molecule has 0 aliphatic carbocycles. The highest BCUT2D eigenvalue weighted by molar-refractivity contribution is 7.25. The minimum absolute atomic E-state index is 0.777. The van der Waals surface area contributed by atoms with Crippen molar-refractivity contribution < 1.29 is 0 Å². The van der Waals surface area contributed by atoms with Gasteiger partial charge in [0.2, 0.25) is 0 Å². The molecular weight excluding hydrogens is 408 g/mol. The SMILES string of the molecule is Cc1nc(-c2cccc(-c3ccccc3)c2)cc(-c2ccc3c(c2)sc2ccccc23)n1. The Bertz CT molecular complexity index is 1580. The fourth-order valence-corrected chi connectivity index (χ4v) is 5.38. The van der Waals surface area contributed by atoms with Crippen LogP contribution in [0.3, 0.4) is 0 Å². The van der Waals surface area contributed by atoms with Crippen molar-refractivity contribution in [3.05, 3.63) is 109 Å².